The van der Waals surface area contributed by atoms with Crippen molar-refractivity contribution >= 4 is 11.7 Å². The van der Waals surface area contributed by atoms with Gasteiger partial charge in [-0.15, -0.1) is 5.10 Å². The third-order valence-electron chi connectivity index (χ3n) is 2.31. The number of carbonyl (C=O) groups excluding carboxylic acids is 1. The summed E-state index contributed by atoms with van der Waals surface area (Å²) in [6.07, 6.45) is 4.26. The predicted molar refractivity (Wildman–Crippen MR) is 61.7 cm³/mol. The Balaban J connectivity index is 2.34. The van der Waals surface area contributed by atoms with Crippen LogP contribution >= 0.6 is 0 Å². The fourth-order valence-electron chi connectivity index (χ4n) is 1.37. The zero-order chi connectivity index (χ0) is 12.7. The molecular weight excluding hydrogens is 224 g/mol. The summed E-state index contributed by atoms with van der Waals surface area (Å²) in [5, 5.41) is 18.8. The Labute approximate surface area is 98.7 Å². The van der Waals surface area contributed by atoms with E-state index in [1.807, 2.05) is 0 Å². The average Bonchev–Trinajstić information content (AvgIpc) is 2.78. The summed E-state index contributed by atoms with van der Waals surface area (Å²) in [6.45, 7) is 2.68. The number of unbranched alkanes of at least 4 members (excludes halogenated alkanes) is 3. The number of nitrogens with one attached hydrogen (secondary N) is 2. The van der Waals surface area contributed by atoms with Crippen LogP contribution in [0.5, 0.6) is 0 Å². The van der Waals surface area contributed by atoms with Gasteiger partial charge in [0.2, 0.25) is 0 Å². The second-order valence-electron chi connectivity index (χ2n) is 3.71. The molecule has 7 heteroatoms. The van der Waals surface area contributed by atoms with Crippen molar-refractivity contribution in [2.24, 2.45) is 0 Å². The average molecular weight is 240 g/mol. The van der Waals surface area contributed by atoms with Gasteiger partial charge >= 0.3 is 5.82 Å². The molecule has 1 rings (SSSR count). The Morgan fingerprint density at radius 3 is 2.88 bits per heavy atom. The molecule has 0 aliphatic heterocycles. The highest BCUT2D eigenvalue weighted by atomic mass is 16.6. The molecule has 0 bridgehead atoms. The lowest BCUT2D eigenvalue weighted by Crippen LogP contribution is -2.24. The van der Waals surface area contributed by atoms with Crippen molar-refractivity contribution in [2.45, 2.75) is 32.6 Å². The van der Waals surface area contributed by atoms with Crippen LogP contribution in [0, 0.1) is 10.1 Å². The molecule has 94 valence electrons. The minimum Gasteiger partial charge on any atom is -0.358 e. The van der Waals surface area contributed by atoms with E-state index in [1.54, 1.807) is 0 Å². The molecule has 0 fully saturated rings. The summed E-state index contributed by atoms with van der Waals surface area (Å²) in [4.78, 5) is 21.2. The van der Waals surface area contributed by atoms with Crippen LogP contribution in [-0.2, 0) is 0 Å². The first-order valence-corrected chi connectivity index (χ1v) is 5.63. The summed E-state index contributed by atoms with van der Waals surface area (Å²) in [6, 6.07) is 1.13. The maximum atomic E-state index is 11.5. The topological polar surface area (TPSA) is 101 Å². The SMILES string of the molecule is CCCCCCNC(=O)c1cc([N+](=O)[O-])[nH]n1. The van der Waals surface area contributed by atoms with Gasteiger partial charge in [-0.05, 0) is 11.3 Å². The lowest BCUT2D eigenvalue weighted by Gasteiger charge is -2.01. The Bertz CT molecular complexity index is 389. The molecular formula is C10H16N4O3. The van der Waals surface area contributed by atoms with E-state index >= 15 is 0 Å². The minimum atomic E-state index is -0.620. The van der Waals surface area contributed by atoms with Gasteiger partial charge in [0.05, 0.1) is 6.07 Å². The molecule has 7 nitrogen and oxygen atoms in total. The van der Waals surface area contributed by atoms with Gasteiger partial charge in [0, 0.05) is 6.54 Å². The summed E-state index contributed by atoms with van der Waals surface area (Å²) >= 11 is 0. The molecule has 1 amide bonds. The Hall–Kier alpha value is -1.92. The molecule has 0 unspecified atom stereocenters. The van der Waals surface area contributed by atoms with Crippen LogP contribution in [0.4, 0.5) is 5.82 Å². The highest BCUT2D eigenvalue weighted by molar-refractivity contribution is 5.92. The van der Waals surface area contributed by atoms with Crippen molar-refractivity contribution in [1.82, 2.24) is 15.5 Å². The summed E-state index contributed by atoms with van der Waals surface area (Å²) in [5.41, 5.74) is 0.0483. The number of rotatable bonds is 7. The zero-order valence-electron chi connectivity index (χ0n) is 9.73. The second kappa shape index (κ2) is 6.62. The molecule has 0 atom stereocenters. The smallest absolute Gasteiger partial charge is 0.343 e. The molecule has 1 aromatic rings. The van der Waals surface area contributed by atoms with E-state index in [4.69, 9.17) is 0 Å². The van der Waals surface area contributed by atoms with Crippen LogP contribution < -0.4 is 5.32 Å². The van der Waals surface area contributed by atoms with Crippen LogP contribution in [0.2, 0.25) is 0 Å². The molecule has 1 aromatic heterocycles. The van der Waals surface area contributed by atoms with Crippen LogP contribution in [0.1, 0.15) is 43.1 Å². The van der Waals surface area contributed by atoms with E-state index in [0.717, 1.165) is 31.7 Å². The monoisotopic (exact) mass is 240 g/mol. The molecule has 0 aliphatic rings. The van der Waals surface area contributed by atoms with Crippen LogP contribution in [0.3, 0.4) is 0 Å². The van der Waals surface area contributed by atoms with Crippen molar-refractivity contribution < 1.29 is 9.72 Å². The Kier molecular flexibility index (Phi) is 5.12. The second-order valence-corrected chi connectivity index (χ2v) is 3.71. The molecule has 0 spiro atoms. The lowest BCUT2D eigenvalue weighted by atomic mass is 10.2. The number of nitro groups is 1. The van der Waals surface area contributed by atoms with Gasteiger partial charge in [0.15, 0.2) is 5.69 Å². The van der Waals surface area contributed by atoms with Crippen LogP contribution in [0.15, 0.2) is 6.07 Å². The van der Waals surface area contributed by atoms with E-state index < -0.39 is 4.92 Å². The first-order chi connectivity index (χ1) is 8.15. The van der Waals surface area contributed by atoms with Crippen molar-refractivity contribution in [3.8, 4) is 0 Å². The number of aromatic amines is 1. The normalized spacial score (nSPS) is 10.2. The maximum absolute atomic E-state index is 11.5. The fraction of sp³-hybridized carbons (Fsp3) is 0.600. The number of amides is 1. The maximum Gasteiger partial charge on any atom is 0.343 e. The molecule has 0 aliphatic carbocycles. The zero-order valence-corrected chi connectivity index (χ0v) is 9.73. The number of H-pyrrole nitrogens is 1. The summed E-state index contributed by atoms with van der Waals surface area (Å²) < 4.78 is 0. The third kappa shape index (κ3) is 4.21. The van der Waals surface area contributed by atoms with Crippen LogP contribution in [0.25, 0.3) is 0 Å². The van der Waals surface area contributed by atoms with Crippen molar-refractivity contribution in [3.63, 3.8) is 0 Å². The summed E-state index contributed by atoms with van der Waals surface area (Å²) in [7, 11) is 0. The van der Waals surface area contributed by atoms with Crippen LogP contribution in [-0.4, -0.2) is 27.6 Å². The lowest BCUT2D eigenvalue weighted by molar-refractivity contribution is -0.389. The highest BCUT2D eigenvalue weighted by Crippen LogP contribution is 2.07. The first-order valence-electron chi connectivity index (χ1n) is 5.63. The molecule has 2 N–H and O–H groups in total. The number of hydrogen-bond acceptors (Lipinski definition) is 4. The first kappa shape index (κ1) is 13.1. The fourth-order valence-corrected chi connectivity index (χ4v) is 1.37. The van der Waals surface area contributed by atoms with E-state index in [9.17, 15) is 14.9 Å². The van der Waals surface area contributed by atoms with Gasteiger partial charge in [0.1, 0.15) is 0 Å². The number of hydrogen-bond donors (Lipinski definition) is 2. The van der Waals surface area contributed by atoms with Crippen molar-refractivity contribution in [1.29, 1.82) is 0 Å². The van der Waals surface area contributed by atoms with Gasteiger partial charge in [-0.2, -0.15) is 0 Å². The van der Waals surface area contributed by atoms with E-state index in [0.29, 0.717) is 6.54 Å². The Morgan fingerprint density at radius 2 is 2.29 bits per heavy atom. The van der Waals surface area contributed by atoms with Gasteiger partial charge in [-0.25, -0.2) is 0 Å². The molecule has 0 saturated heterocycles. The van der Waals surface area contributed by atoms with E-state index in [2.05, 4.69) is 22.4 Å². The van der Waals surface area contributed by atoms with Gasteiger partial charge in [-0.3, -0.25) is 4.79 Å². The number of nitrogens with zero attached hydrogens (tertiary/aromatic N) is 2. The number of aromatic nitrogens is 2. The largest absolute Gasteiger partial charge is 0.358 e. The third-order valence-corrected chi connectivity index (χ3v) is 2.31. The molecule has 0 aromatic carbocycles. The predicted octanol–water partition coefficient (Wildman–Crippen LogP) is 1.63. The molecule has 0 radical (unpaired) electrons. The van der Waals surface area contributed by atoms with E-state index in [1.165, 1.54) is 0 Å². The van der Waals surface area contributed by atoms with Crippen molar-refractivity contribution in [2.75, 3.05) is 6.54 Å². The standard InChI is InChI=1S/C10H16N4O3/c1-2-3-4-5-6-11-10(15)8-7-9(13-12-8)14(16)17/h7H,2-6H2,1H3,(H,11,15)(H,12,13). The molecule has 0 saturated carbocycles. The highest BCUT2D eigenvalue weighted by Gasteiger charge is 2.15. The minimum absolute atomic E-state index is 0.0483. The van der Waals surface area contributed by atoms with Gasteiger partial charge < -0.3 is 15.4 Å². The molecule has 17 heavy (non-hydrogen) atoms. The Morgan fingerprint density at radius 1 is 1.53 bits per heavy atom. The van der Waals surface area contributed by atoms with Crippen molar-refractivity contribution in [3.05, 3.63) is 21.9 Å². The van der Waals surface area contributed by atoms with E-state index in [-0.39, 0.29) is 17.4 Å². The quantitative estimate of drug-likeness (QED) is 0.429. The van der Waals surface area contributed by atoms with Gasteiger partial charge in [0.25, 0.3) is 5.91 Å². The number of carbonyl (C=O) groups is 1. The summed E-state index contributed by atoms with van der Waals surface area (Å²) in [5.74, 6) is -0.660. The van der Waals surface area contributed by atoms with Gasteiger partial charge in [-0.1, -0.05) is 31.3 Å². The molecule has 1 heterocycles.